The van der Waals surface area contributed by atoms with Crippen LogP contribution < -0.4 is 5.32 Å². The molecule has 0 aromatic heterocycles. The van der Waals surface area contributed by atoms with E-state index in [0.29, 0.717) is 6.54 Å². The van der Waals surface area contributed by atoms with Gasteiger partial charge in [-0.2, -0.15) is 5.10 Å². The van der Waals surface area contributed by atoms with Gasteiger partial charge in [0, 0.05) is 17.7 Å². The number of hydrogen-bond donors (Lipinski definition) is 1. The van der Waals surface area contributed by atoms with Crippen LogP contribution in [-0.2, 0) is 0 Å². The highest BCUT2D eigenvalue weighted by Gasteiger charge is 2.31. The summed E-state index contributed by atoms with van der Waals surface area (Å²) in [5.74, 6) is 0.232. The lowest BCUT2D eigenvalue weighted by atomic mass is 9.92. The molecule has 2 rings (SSSR count). The van der Waals surface area contributed by atoms with Gasteiger partial charge < -0.3 is 5.32 Å². The second kappa shape index (κ2) is 9.45. The van der Waals surface area contributed by atoms with Crippen LogP contribution in [0.4, 0.5) is 4.79 Å². The number of amides is 2. The van der Waals surface area contributed by atoms with Crippen molar-refractivity contribution < 1.29 is 4.79 Å². The fourth-order valence-electron chi connectivity index (χ4n) is 3.18. The van der Waals surface area contributed by atoms with Gasteiger partial charge in [0.15, 0.2) is 0 Å². The van der Waals surface area contributed by atoms with Gasteiger partial charge in [-0.15, -0.1) is 0 Å². The first-order valence-corrected chi connectivity index (χ1v) is 9.39. The van der Waals surface area contributed by atoms with Gasteiger partial charge in [-0.3, -0.25) is 0 Å². The molecule has 1 aliphatic heterocycles. The van der Waals surface area contributed by atoms with Gasteiger partial charge in [-0.05, 0) is 31.2 Å². The Hall–Kier alpha value is -1.84. The summed E-state index contributed by atoms with van der Waals surface area (Å²) in [5.41, 5.74) is 2.40. The van der Waals surface area contributed by atoms with Gasteiger partial charge in [0.1, 0.15) is 0 Å². The highest BCUT2D eigenvalue weighted by molar-refractivity contribution is 5.94. The first-order chi connectivity index (χ1) is 11.7. The number of urea groups is 1. The summed E-state index contributed by atoms with van der Waals surface area (Å²) in [6, 6.07) is 10.6. The van der Waals surface area contributed by atoms with E-state index in [4.69, 9.17) is 0 Å². The Bertz CT molecular complexity index is 537. The summed E-state index contributed by atoms with van der Waals surface area (Å²) in [6.45, 7) is 7.06. The molecule has 1 aromatic carbocycles. The zero-order valence-electron chi connectivity index (χ0n) is 15.3. The standard InChI is InChI=1S/C20H31N3O/c1-4-7-9-14-19-18(16-12-10-8-11-13-16)15-23(22-19)20(24)21-17(5-2)6-3/h8,10-13,17-18H,4-7,9,14-15H2,1-3H3,(H,21,24). The number of benzene rings is 1. The molecule has 1 N–H and O–H groups in total. The third-order valence-electron chi connectivity index (χ3n) is 4.79. The quantitative estimate of drug-likeness (QED) is 0.676. The van der Waals surface area contributed by atoms with E-state index in [-0.39, 0.29) is 18.0 Å². The Morgan fingerprint density at radius 1 is 1.21 bits per heavy atom. The van der Waals surface area contributed by atoms with Crippen LogP contribution in [0.25, 0.3) is 0 Å². The summed E-state index contributed by atoms with van der Waals surface area (Å²) >= 11 is 0. The van der Waals surface area contributed by atoms with E-state index < -0.39 is 0 Å². The fraction of sp³-hybridized carbons (Fsp3) is 0.600. The maximum atomic E-state index is 12.5. The molecule has 0 spiro atoms. The molecule has 24 heavy (non-hydrogen) atoms. The summed E-state index contributed by atoms with van der Waals surface area (Å²) in [4.78, 5) is 12.5. The summed E-state index contributed by atoms with van der Waals surface area (Å²) < 4.78 is 0. The molecule has 0 bridgehead atoms. The second-order valence-electron chi connectivity index (χ2n) is 6.56. The lowest BCUT2D eigenvalue weighted by Crippen LogP contribution is -2.41. The SMILES string of the molecule is CCCCCC1=NN(C(=O)NC(CC)CC)CC1c1ccccc1. The number of carbonyl (C=O) groups is 1. The van der Waals surface area contributed by atoms with Gasteiger partial charge in [0.2, 0.25) is 0 Å². The average Bonchev–Trinajstić information content (AvgIpc) is 3.05. The molecule has 1 aliphatic rings. The van der Waals surface area contributed by atoms with E-state index in [1.807, 2.05) is 6.07 Å². The molecular weight excluding hydrogens is 298 g/mol. The van der Waals surface area contributed by atoms with Crippen molar-refractivity contribution in [3.63, 3.8) is 0 Å². The number of rotatable bonds is 8. The van der Waals surface area contributed by atoms with Crippen molar-refractivity contribution in [3.8, 4) is 0 Å². The Kier molecular flexibility index (Phi) is 7.29. The maximum Gasteiger partial charge on any atom is 0.338 e. The summed E-state index contributed by atoms with van der Waals surface area (Å²) in [7, 11) is 0. The average molecular weight is 329 g/mol. The number of carbonyl (C=O) groups excluding carboxylic acids is 1. The Balaban J connectivity index is 2.09. The minimum absolute atomic E-state index is 0.0601. The van der Waals surface area contributed by atoms with Crippen LogP contribution in [0.5, 0.6) is 0 Å². The normalized spacial score (nSPS) is 17.2. The summed E-state index contributed by atoms with van der Waals surface area (Å²) in [6.07, 6.45) is 6.42. The molecule has 132 valence electrons. The molecular formula is C20H31N3O. The van der Waals surface area contributed by atoms with E-state index in [0.717, 1.165) is 31.4 Å². The molecule has 1 unspecified atom stereocenters. The van der Waals surface area contributed by atoms with Crippen molar-refractivity contribution in [2.45, 2.75) is 71.3 Å². The van der Waals surface area contributed by atoms with Gasteiger partial charge >= 0.3 is 6.03 Å². The number of nitrogens with zero attached hydrogens (tertiary/aromatic N) is 2. The third kappa shape index (κ3) is 4.83. The van der Waals surface area contributed by atoms with Gasteiger partial charge in [-0.1, -0.05) is 63.9 Å². The van der Waals surface area contributed by atoms with Crippen molar-refractivity contribution in [1.29, 1.82) is 0 Å². The molecule has 0 radical (unpaired) electrons. The first-order valence-electron chi connectivity index (χ1n) is 9.39. The molecule has 4 nitrogen and oxygen atoms in total. The van der Waals surface area contributed by atoms with E-state index in [2.05, 4.69) is 55.5 Å². The maximum absolute atomic E-state index is 12.5. The van der Waals surface area contributed by atoms with Crippen LogP contribution in [0, 0.1) is 0 Å². The molecule has 1 atom stereocenters. The van der Waals surface area contributed by atoms with Crippen molar-refractivity contribution >= 4 is 11.7 Å². The smallest absolute Gasteiger partial charge is 0.334 e. The Morgan fingerprint density at radius 2 is 1.92 bits per heavy atom. The van der Waals surface area contributed by atoms with Crippen LogP contribution in [-0.4, -0.2) is 29.3 Å². The number of hydrogen-bond acceptors (Lipinski definition) is 2. The Labute approximate surface area is 146 Å². The molecule has 0 aliphatic carbocycles. The lowest BCUT2D eigenvalue weighted by Gasteiger charge is -2.20. The summed E-state index contributed by atoms with van der Waals surface area (Å²) in [5, 5.41) is 9.41. The minimum Gasteiger partial charge on any atom is -0.334 e. The number of nitrogens with one attached hydrogen (secondary N) is 1. The van der Waals surface area contributed by atoms with Crippen LogP contribution >= 0.6 is 0 Å². The van der Waals surface area contributed by atoms with Crippen molar-refractivity contribution in [2.24, 2.45) is 5.10 Å². The van der Waals surface area contributed by atoms with Crippen LogP contribution in [0.3, 0.4) is 0 Å². The molecule has 0 saturated carbocycles. The van der Waals surface area contributed by atoms with E-state index >= 15 is 0 Å². The molecule has 1 heterocycles. The van der Waals surface area contributed by atoms with Crippen molar-refractivity contribution in [2.75, 3.05) is 6.54 Å². The molecule has 2 amide bonds. The minimum atomic E-state index is -0.0601. The van der Waals surface area contributed by atoms with E-state index in [1.165, 1.54) is 18.4 Å². The topological polar surface area (TPSA) is 44.7 Å². The molecule has 1 aromatic rings. The van der Waals surface area contributed by atoms with Crippen LogP contribution in [0.2, 0.25) is 0 Å². The van der Waals surface area contributed by atoms with Crippen molar-refractivity contribution in [1.82, 2.24) is 10.3 Å². The molecule has 0 fully saturated rings. The Morgan fingerprint density at radius 3 is 2.54 bits per heavy atom. The highest BCUT2D eigenvalue weighted by atomic mass is 16.2. The molecule has 4 heteroatoms. The lowest BCUT2D eigenvalue weighted by molar-refractivity contribution is 0.199. The zero-order chi connectivity index (χ0) is 17.4. The van der Waals surface area contributed by atoms with Gasteiger partial charge in [-0.25, -0.2) is 9.80 Å². The fourth-order valence-corrected chi connectivity index (χ4v) is 3.18. The number of unbranched alkanes of at least 4 members (excludes halogenated alkanes) is 2. The van der Waals surface area contributed by atoms with Gasteiger partial charge in [0.25, 0.3) is 0 Å². The van der Waals surface area contributed by atoms with Gasteiger partial charge in [0.05, 0.1) is 6.54 Å². The monoisotopic (exact) mass is 329 g/mol. The predicted molar refractivity (Wildman–Crippen MR) is 100 cm³/mol. The zero-order valence-corrected chi connectivity index (χ0v) is 15.3. The van der Waals surface area contributed by atoms with Crippen molar-refractivity contribution in [3.05, 3.63) is 35.9 Å². The second-order valence-corrected chi connectivity index (χ2v) is 6.56. The highest BCUT2D eigenvalue weighted by Crippen LogP contribution is 2.27. The third-order valence-corrected chi connectivity index (χ3v) is 4.79. The van der Waals surface area contributed by atoms with E-state index in [1.54, 1.807) is 5.01 Å². The van der Waals surface area contributed by atoms with Crippen LogP contribution in [0.15, 0.2) is 35.4 Å². The first kappa shape index (κ1) is 18.5. The van der Waals surface area contributed by atoms with E-state index in [9.17, 15) is 4.79 Å². The molecule has 0 saturated heterocycles. The number of hydrazone groups is 1. The van der Waals surface area contributed by atoms with Crippen LogP contribution in [0.1, 0.15) is 70.8 Å². The predicted octanol–water partition coefficient (Wildman–Crippen LogP) is 4.92. The largest absolute Gasteiger partial charge is 0.338 e.